The minimum absolute atomic E-state index is 0.262. The smallest absolute Gasteiger partial charge is 0.309 e. The normalized spacial score (nSPS) is 15.9. The maximum atomic E-state index is 13.5. The summed E-state index contributed by atoms with van der Waals surface area (Å²) < 4.78 is 27.0. The third-order valence-electron chi connectivity index (χ3n) is 2.88. The van der Waals surface area contributed by atoms with Gasteiger partial charge in [-0.1, -0.05) is 0 Å². The Hall–Kier alpha value is -1.39. The highest BCUT2D eigenvalue weighted by molar-refractivity contribution is 5.68. The Morgan fingerprint density at radius 2 is 2.12 bits per heavy atom. The lowest BCUT2D eigenvalue weighted by atomic mass is 9.98. The van der Waals surface area contributed by atoms with Crippen LogP contribution in [0.25, 0.3) is 0 Å². The van der Waals surface area contributed by atoms with Crippen LogP contribution in [-0.2, 0) is 23.6 Å². The lowest BCUT2D eigenvalue weighted by molar-refractivity contribution is -0.145. The zero-order valence-corrected chi connectivity index (χ0v) is 8.72. The molecule has 0 unspecified atom stereocenters. The van der Waals surface area contributed by atoms with Crippen molar-refractivity contribution in [3.8, 4) is 0 Å². The molecular weight excluding hydrogens is 216 g/mol. The maximum Gasteiger partial charge on any atom is 0.309 e. The monoisotopic (exact) mass is 229 g/mol. The van der Waals surface area contributed by atoms with Crippen LogP contribution in [0, 0.1) is 0 Å². The van der Waals surface area contributed by atoms with Gasteiger partial charge < -0.3 is 10.1 Å². The zero-order valence-electron chi connectivity index (χ0n) is 8.72. The van der Waals surface area contributed by atoms with Gasteiger partial charge in [0.25, 0.3) is 5.92 Å². The van der Waals surface area contributed by atoms with Crippen LogP contribution < -0.4 is 0 Å². The van der Waals surface area contributed by atoms with E-state index < -0.39 is 18.3 Å². The number of aryl methyl sites for hydroxylation is 2. The molecule has 0 spiro atoms. The number of aromatic amines is 1. The first-order valence-corrected chi connectivity index (χ1v) is 5.30. The SMILES string of the molecule is O=C(O)CC(F)(F)c1cc2c([nH]1)CCCC2. The van der Waals surface area contributed by atoms with Crippen molar-refractivity contribution in [2.75, 3.05) is 0 Å². The number of hydrogen-bond donors (Lipinski definition) is 2. The highest BCUT2D eigenvalue weighted by Gasteiger charge is 2.37. The number of nitrogens with one attached hydrogen (secondary N) is 1. The van der Waals surface area contributed by atoms with Gasteiger partial charge in [0, 0.05) is 5.69 Å². The summed E-state index contributed by atoms with van der Waals surface area (Å²) in [5, 5.41) is 8.42. The summed E-state index contributed by atoms with van der Waals surface area (Å²) in [5.74, 6) is -4.79. The molecule has 0 fully saturated rings. The van der Waals surface area contributed by atoms with Gasteiger partial charge in [-0.2, -0.15) is 8.78 Å². The Kier molecular flexibility index (Phi) is 2.69. The van der Waals surface area contributed by atoms with Crippen molar-refractivity contribution in [1.82, 2.24) is 4.98 Å². The van der Waals surface area contributed by atoms with Crippen molar-refractivity contribution >= 4 is 5.97 Å². The summed E-state index contributed by atoms with van der Waals surface area (Å²) in [5.41, 5.74) is 1.49. The molecule has 1 aromatic heterocycles. The summed E-state index contributed by atoms with van der Waals surface area (Å²) in [6, 6.07) is 1.41. The summed E-state index contributed by atoms with van der Waals surface area (Å²) in [6.45, 7) is 0. The second kappa shape index (κ2) is 3.88. The lowest BCUT2D eigenvalue weighted by Gasteiger charge is -2.11. The van der Waals surface area contributed by atoms with Crippen molar-refractivity contribution in [2.24, 2.45) is 0 Å². The molecule has 1 aliphatic carbocycles. The number of carbonyl (C=O) groups is 1. The van der Waals surface area contributed by atoms with Gasteiger partial charge in [-0.05, 0) is 37.3 Å². The van der Waals surface area contributed by atoms with Crippen LogP contribution in [-0.4, -0.2) is 16.1 Å². The van der Waals surface area contributed by atoms with E-state index in [-0.39, 0.29) is 5.69 Å². The first-order chi connectivity index (χ1) is 7.49. The van der Waals surface area contributed by atoms with Crippen molar-refractivity contribution < 1.29 is 18.7 Å². The average Bonchev–Trinajstić information content (AvgIpc) is 2.59. The Bertz CT molecular complexity index is 389. The number of carboxylic acid groups (broad SMARTS) is 1. The van der Waals surface area contributed by atoms with Gasteiger partial charge in [0.2, 0.25) is 0 Å². The number of carboxylic acids is 1. The minimum Gasteiger partial charge on any atom is -0.481 e. The van der Waals surface area contributed by atoms with Gasteiger partial charge in [-0.25, -0.2) is 0 Å². The topological polar surface area (TPSA) is 53.1 Å². The van der Waals surface area contributed by atoms with E-state index in [0.29, 0.717) is 0 Å². The fourth-order valence-corrected chi connectivity index (χ4v) is 2.09. The highest BCUT2D eigenvalue weighted by atomic mass is 19.3. The number of halogens is 2. The molecule has 0 bridgehead atoms. The minimum atomic E-state index is -3.30. The number of fused-ring (bicyclic) bond motifs is 1. The van der Waals surface area contributed by atoms with Crippen LogP contribution in [0.1, 0.15) is 36.2 Å². The fraction of sp³-hybridized carbons (Fsp3) is 0.545. The molecule has 16 heavy (non-hydrogen) atoms. The Morgan fingerprint density at radius 3 is 2.75 bits per heavy atom. The predicted octanol–water partition coefficient (Wildman–Crippen LogP) is 2.46. The van der Waals surface area contributed by atoms with Crippen molar-refractivity contribution in [3.63, 3.8) is 0 Å². The quantitative estimate of drug-likeness (QED) is 0.836. The number of alkyl halides is 2. The predicted molar refractivity (Wildman–Crippen MR) is 53.6 cm³/mol. The van der Waals surface area contributed by atoms with Gasteiger partial charge in [0.1, 0.15) is 6.42 Å². The summed E-state index contributed by atoms with van der Waals surface area (Å²) in [6.07, 6.45) is 2.42. The average molecular weight is 229 g/mol. The summed E-state index contributed by atoms with van der Waals surface area (Å²) >= 11 is 0. The molecule has 0 aliphatic heterocycles. The zero-order chi connectivity index (χ0) is 11.8. The van der Waals surface area contributed by atoms with E-state index in [1.165, 1.54) is 6.07 Å². The number of H-pyrrole nitrogens is 1. The fourth-order valence-electron chi connectivity index (χ4n) is 2.09. The van der Waals surface area contributed by atoms with E-state index >= 15 is 0 Å². The Labute approximate surface area is 91.5 Å². The molecule has 0 radical (unpaired) electrons. The first-order valence-electron chi connectivity index (χ1n) is 5.30. The third-order valence-corrected chi connectivity index (χ3v) is 2.88. The second-order valence-electron chi connectivity index (χ2n) is 4.17. The van der Waals surface area contributed by atoms with E-state index in [2.05, 4.69) is 4.98 Å². The molecule has 0 saturated heterocycles. The lowest BCUT2D eigenvalue weighted by Crippen LogP contribution is -2.18. The first kappa shape index (κ1) is 11.1. The van der Waals surface area contributed by atoms with Crippen LogP contribution >= 0.6 is 0 Å². The Morgan fingerprint density at radius 1 is 1.44 bits per heavy atom. The van der Waals surface area contributed by atoms with E-state index in [9.17, 15) is 13.6 Å². The van der Waals surface area contributed by atoms with Crippen LogP contribution in [0.4, 0.5) is 8.78 Å². The molecule has 2 rings (SSSR count). The molecule has 0 saturated carbocycles. The van der Waals surface area contributed by atoms with Gasteiger partial charge in [0.05, 0.1) is 5.69 Å². The molecule has 1 aliphatic rings. The van der Waals surface area contributed by atoms with Crippen LogP contribution in [0.2, 0.25) is 0 Å². The van der Waals surface area contributed by atoms with Gasteiger partial charge in [-0.15, -0.1) is 0 Å². The van der Waals surface area contributed by atoms with E-state index in [4.69, 9.17) is 5.11 Å². The molecule has 88 valence electrons. The van der Waals surface area contributed by atoms with Gasteiger partial charge in [-0.3, -0.25) is 4.79 Å². The number of rotatable bonds is 3. The molecule has 1 aromatic rings. The van der Waals surface area contributed by atoms with E-state index in [0.717, 1.165) is 36.9 Å². The Balaban J connectivity index is 2.26. The van der Waals surface area contributed by atoms with E-state index in [1.54, 1.807) is 0 Å². The molecule has 1 heterocycles. The molecule has 0 amide bonds. The van der Waals surface area contributed by atoms with Crippen LogP contribution in [0.15, 0.2) is 6.07 Å². The summed E-state index contributed by atoms with van der Waals surface area (Å²) in [4.78, 5) is 13.0. The molecule has 3 nitrogen and oxygen atoms in total. The molecule has 2 N–H and O–H groups in total. The largest absolute Gasteiger partial charge is 0.481 e. The van der Waals surface area contributed by atoms with E-state index in [1.807, 2.05) is 0 Å². The third kappa shape index (κ3) is 2.08. The van der Waals surface area contributed by atoms with Crippen LogP contribution in [0.3, 0.4) is 0 Å². The maximum absolute atomic E-state index is 13.5. The number of aromatic nitrogens is 1. The van der Waals surface area contributed by atoms with Gasteiger partial charge in [0.15, 0.2) is 0 Å². The molecule has 0 atom stereocenters. The van der Waals surface area contributed by atoms with Crippen LogP contribution in [0.5, 0.6) is 0 Å². The molecule has 5 heteroatoms. The van der Waals surface area contributed by atoms with Crippen molar-refractivity contribution in [2.45, 2.75) is 38.0 Å². The number of hydrogen-bond acceptors (Lipinski definition) is 1. The molecular formula is C11H13F2NO2. The highest BCUT2D eigenvalue weighted by Crippen LogP contribution is 2.34. The van der Waals surface area contributed by atoms with Gasteiger partial charge >= 0.3 is 5.97 Å². The van der Waals surface area contributed by atoms with Crippen molar-refractivity contribution in [3.05, 3.63) is 23.0 Å². The summed E-state index contributed by atoms with van der Waals surface area (Å²) in [7, 11) is 0. The molecule has 0 aromatic carbocycles. The second-order valence-corrected chi connectivity index (χ2v) is 4.17. The number of aliphatic carboxylic acids is 1. The van der Waals surface area contributed by atoms with Crippen molar-refractivity contribution in [1.29, 1.82) is 0 Å². The standard InChI is InChI=1S/C11H13F2NO2/c12-11(13,6-10(15)16)9-5-7-3-1-2-4-8(7)14-9/h5,14H,1-4,6H2,(H,15,16).